The number of hydrogen-bond acceptors (Lipinski definition) is 10. The molecule has 2 aromatic heterocycles. The summed E-state index contributed by atoms with van der Waals surface area (Å²) in [6.07, 6.45) is 3.76. The van der Waals surface area contributed by atoms with Crippen molar-refractivity contribution < 1.29 is 42.1 Å². The third kappa shape index (κ3) is 7.30. The topological polar surface area (TPSA) is 109 Å². The standard InChI is InChI=1S/C43H39F2N3O7S/c1-43(2,3)27-18-26(16-24-11-13-33-36(17-24)54-23-53-33)40-29(20-27)39(28-8-5-6-9-30(28)46-40)41(50)52-22-38(49)48-32(21-31(47-48)37-10-7-15-56-37)25-12-14-34(55-42(44)45)35(19-25)51-4/h5-17,19,27,32,42H,18,20-23H2,1-4H3/b26-16-. The second-order valence-corrected chi connectivity index (χ2v) is 15.9. The summed E-state index contributed by atoms with van der Waals surface area (Å²) in [6, 6.07) is 21.0. The summed E-state index contributed by atoms with van der Waals surface area (Å²) in [6.45, 7) is 3.12. The second-order valence-electron chi connectivity index (χ2n) is 14.9. The molecule has 2 aliphatic heterocycles. The van der Waals surface area contributed by atoms with Gasteiger partial charge in [0.25, 0.3) is 5.91 Å². The number of pyridine rings is 1. The number of rotatable bonds is 9. The number of alkyl halides is 2. The highest BCUT2D eigenvalue weighted by atomic mass is 32.1. The molecule has 0 saturated carbocycles. The molecule has 5 aromatic rings. The molecule has 2 atom stereocenters. The fourth-order valence-electron chi connectivity index (χ4n) is 7.52. The molecule has 3 aliphatic rings. The molecule has 0 saturated heterocycles. The van der Waals surface area contributed by atoms with Gasteiger partial charge in [-0.1, -0.05) is 57.2 Å². The molecule has 2 unspecified atom stereocenters. The Balaban J connectivity index is 1.13. The Labute approximate surface area is 326 Å². The second kappa shape index (κ2) is 15.0. The number of ether oxygens (including phenoxy) is 5. The van der Waals surface area contributed by atoms with Gasteiger partial charge < -0.3 is 23.7 Å². The van der Waals surface area contributed by atoms with E-state index in [2.05, 4.69) is 36.7 Å². The highest BCUT2D eigenvalue weighted by molar-refractivity contribution is 7.12. The fraction of sp³-hybridized carbons (Fsp3) is 0.302. The van der Waals surface area contributed by atoms with Gasteiger partial charge in [0, 0.05) is 11.8 Å². The number of methoxy groups -OCH3 is 1. The van der Waals surface area contributed by atoms with Crippen LogP contribution in [0.15, 0.2) is 83.3 Å². The summed E-state index contributed by atoms with van der Waals surface area (Å²) in [5.41, 5.74) is 5.56. The quantitative estimate of drug-likeness (QED) is 0.136. The molecule has 1 amide bonds. The first-order valence-corrected chi connectivity index (χ1v) is 19.1. The monoisotopic (exact) mass is 779 g/mol. The molecular formula is C43H39F2N3O7S. The van der Waals surface area contributed by atoms with Gasteiger partial charge in [-0.25, -0.2) is 14.8 Å². The number of thiophene rings is 1. The van der Waals surface area contributed by atoms with Crippen molar-refractivity contribution in [1.82, 2.24) is 9.99 Å². The van der Waals surface area contributed by atoms with E-state index in [1.54, 1.807) is 12.1 Å². The number of aromatic nitrogens is 1. The summed E-state index contributed by atoms with van der Waals surface area (Å²) in [4.78, 5) is 34.5. The van der Waals surface area contributed by atoms with E-state index in [4.69, 9.17) is 23.9 Å². The van der Waals surface area contributed by atoms with Crippen LogP contribution in [0.2, 0.25) is 0 Å². The molecule has 8 rings (SSSR count). The maximum Gasteiger partial charge on any atom is 0.387 e. The Morgan fingerprint density at radius 2 is 1.80 bits per heavy atom. The number of carbonyl (C=O) groups excluding carboxylic acids is 2. The van der Waals surface area contributed by atoms with Gasteiger partial charge in [-0.2, -0.15) is 13.9 Å². The molecular weight excluding hydrogens is 741 g/mol. The fourth-order valence-corrected chi connectivity index (χ4v) is 8.24. The number of halogens is 2. The summed E-state index contributed by atoms with van der Waals surface area (Å²) in [5.74, 6) is 0.289. The predicted octanol–water partition coefficient (Wildman–Crippen LogP) is 9.32. The van der Waals surface area contributed by atoms with Crippen molar-refractivity contribution >= 4 is 51.5 Å². The van der Waals surface area contributed by atoms with E-state index in [0.29, 0.717) is 52.1 Å². The Bertz CT molecular complexity index is 2390. The highest BCUT2D eigenvalue weighted by Crippen LogP contribution is 2.46. The Morgan fingerprint density at radius 3 is 2.57 bits per heavy atom. The van der Waals surface area contributed by atoms with Crippen molar-refractivity contribution in [2.24, 2.45) is 16.4 Å². The number of esters is 1. The lowest BCUT2D eigenvalue weighted by Gasteiger charge is -2.36. The molecule has 13 heteroatoms. The smallest absolute Gasteiger partial charge is 0.387 e. The van der Waals surface area contributed by atoms with Gasteiger partial charge in [-0.15, -0.1) is 11.3 Å². The molecule has 0 radical (unpaired) electrons. The van der Waals surface area contributed by atoms with E-state index >= 15 is 0 Å². The lowest BCUT2D eigenvalue weighted by Crippen LogP contribution is -2.32. The largest absolute Gasteiger partial charge is 0.493 e. The lowest BCUT2D eigenvalue weighted by atomic mass is 9.69. The molecule has 4 heterocycles. The van der Waals surface area contributed by atoms with E-state index in [0.717, 1.165) is 33.7 Å². The number of hydrogen-bond donors (Lipinski definition) is 0. The van der Waals surface area contributed by atoms with Crippen LogP contribution in [0, 0.1) is 11.3 Å². The first kappa shape index (κ1) is 37.1. The number of para-hydroxylation sites is 1. The van der Waals surface area contributed by atoms with E-state index in [-0.39, 0.29) is 29.6 Å². The Kier molecular flexibility index (Phi) is 9.96. The summed E-state index contributed by atoms with van der Waals surface area (Å²) in [7, 11) is 1.35. The zero-order valence-electron chi connectivity index (χ0n) is 31.2. The molecule has 10 nitrogen and oxygen atoms in total. The Hall–Kier alpha value is -5.82. The number of allylic oxidation sites excluding steroid dienone is 1. The normalized spacial score (nSPS) is 18.3. The van der Waals surface area contributed by atoms with Gasteiger partial charge in [0.15, 0.2) is 29.6 Å². The van der Waals surface area contributed by atoms with Gasteiger partial charge in [0.05, 0.1) is 40.5 Å². The van der Waals surface area contributed by atoms with E-state index in [1.807, 2.05) is 60.0 Å². The highest BCUT2D eigenvalue weighted by Gasteiger charge is 2.37. The third-order valence-corrected chi connectivity index (χ3v) is 11.4. The summed E-state index contributed by atoms with van der Waals surface area (Å²) < 4.78 is 53.2. The molecule has 56 heavy (non-hydrogen) atoms. The van der Waals surface area contributed by atoms with Crippen molar-refractivity contribution in [2.75, 3.05) is 20.5 Å². The van der Waals surface area contributed by atoms with Gasteiger partial charge in [0.2, 0.25) is 6.79 Å². The first-order valence-electron chi connectivity index (χ1n) is 18.2. The zero-order chi connectivity index (χ0) is 39.1. The SMILES string of the molecule is COc1cc(C2CC(c3cccs3)=NN2C(=O)COC(=O)c2c3c(nc4ccccc24)/C(=C\c2ccc4c(c2)OCO4)CC(C(C)(C)C)C3)ccc1OC(F)F. The number of hydrazone groups is 1. The maximum atomic E-state index is 14.4. The van der Waals surface area contributed by atoms with Crippen LogP contribution >= 0.6 is 11.3 Å². The average Bonchev–Trinajstić information content (AvgIpc) is 3.97. The summed E-state index contributed by atoms with van der Waals surface area (Å²) in [5, 5.41) is 8.54. The van der Waals surface area contributed by atoms with Crippen molar-refractivity contribution in [2.45, 2.75) is 52.7 Å². The number of fused-ring (bicyclic) bond motifs is 3. The van der Waals surface area contributed by atoms with E-state index in [1.165, 1.54) is 29.5 Å². The van der Waals surface area contributed by atoms with Crippen LogP contribution in [0.1, 0.15) is 77.3 Å². The van der Waals surface area contributed by atoms with Crippen LogP contribution in [-0.4, -0.2) is 54.7 Å². The van der Waals surface area contributed by atoms with Crippen LogP contribution < -0.4 is 18.9 Å². The molecule has 0 bridgehead atoms. The van der Waals surface area contributed by atoms with Gasteiger partial charge in [-0.05, 0) is 94.3 Å². The predicted molar refractivity (Wildman–Crippen MR) is 208 cm³/mol. The molecule has 0 fully saturated rings. The summed E-state index contributed by atoms with van der Waals surface area (Å²) >= 11 is 1.48. The van der Waals surface area contributed by atoms with Crippen LogP contribution in [0.25, 0.3) is 22.6 Å². The molecule has 1 aliphatic carbocycles. The van der Waals surface area contributed by atoms with Crippen LogP contribution in [0.4, 0.5) is 8.78 Å². The molecule has 0 spiro atoms. The van der Waals surface area contributed by atoms with Crippen molar-refractivity contribution in [3.8, 4) is 23.0 Å². The zero-order valence-corrected chi connectivity index (χ0v) is 32.0. The Morgan fingerprint density at radius 1 is 0.982 bits per heavy atom. The minimum Gasteiger partial charge on any atom is -0.493 e. The number of benzene rings is 3. The minimum absolute atomic E-state index is 0.0843. The minimum atomic E-state index is -3.04. The first-order chi connectivity index (χ1) is 27.0. The van der Waals surface area contributed by atoms with Crippen LogP contribution in [-0.2, 0) is 16.0 Å². The van der Waals surface area contributed by atoms with E-state index < -0.39 is 31.1 Å². The lowest BCUT2D eigenvalue weighted by molar-refractivity contribution is -0.136. The third-order valence-electron chi connectivity index (χ3n) is 10.5. The molecule has 0 N–H and O–H groups in total. The number of amides is 1. The van der Waals surface area contributed by atoms with Gasteiger partial charge >= 0.3 is 12.6 Å². The van der Waals surface area contributed by atoms with Gasteiger partial charge in [-0.3, -0.25) is 4.79 Å². The maximum absolute atomic E-state index is 14.4. The number of nitrogens with zero attached hydrogens (tertiary/aromatic N) is 3. The van der Waals surface area contributed by atoms with Crippen molar-refractivity contribution in [3.05, 3.63) is 111 Å². The van der Waals surface area contributed by atoms with Gasteiger partial charge in [0.1, 0.15) is 0 Å². The number of carbonyl (C=O) groups is 2. The average molecular weight is 780 g/mol. The van der Waals surface area contributed by atoms with Crippen LogP contribution in [0.3, 0.4) is 0 Å². The van der Waals surface area contributed by atoms with Crippen molar-refractivity contribution in [1.29, 1.82) is 0 Å². The molecule has 3 aromatic carbocycles. The van der Waals surface area contributed by atoms with Crippen molar-refractivity contribution in [3.63, 3.8) is 0 Å². The van der Waals surface area contributed by atoms with E-state index in [9.17, 15) is 18.4 Å². The molecule has 288 valence electrons. The van der Waals surface area contributed by atoms with Crippen LogP contribution in [0.5, 0.6) is 23.0 Å².